The van der Waals surface area contributed by atoms with Gasteiger partial charge in [-0.25, -0.2) is 4.79 Å². The van der Waals surface area contributed by atoms with Gasteiger partial charge >= 0.3 is 12.3 Å². The first kappa shape index (κ1) is 16.1. The van der Waals surface area contributed by atoms with Crippen molar-refractivity contribution in [2.45, 2.75) is 39.5 Å². The number of carbonyl (C=O) groups is 1. The number of carbonyl (C=O) groups excluding carboxylic acids is 1. The van der Waals surface area contributed by atoms with Crippen molar-refractivity contribution in [3.63, 3.8) is 0 Å². The Labute approximate surface area is 110 Å². The van der Waals surface area contributed by atoms with Crippen LogP contribution in [0.5, 0.6) is 0 Å². The molecule has 0 saturated carbocycles. The lowest BCUT2D eigenvalue weighted by molar-refractivity contribution is -0.241. The van der Waals surface area contributed by atoms with E-state index in [0.29, 0.717) is 0 Å². The van der Waals surface area contributed by atoms with Gasteiger partial charge in [0.1, 0.15) is 11.0 Å². The number of halogens is 3. The summed E-state index contributed by atoms with van der Waals surface area (Å²) in [5, 5.41) is 9.16. The van der Waals surface area contributed by atoms with Crippen LogP contribution in [0.4, 0.5) is 18.0 Å². The number of nitrogens with zero attached hydrogens (tertiary/aromatic N) is 1. The highest BCUT2D eigenvalue weighted by molar-refractivity contribution is 5.68. The van der Waals surface area contributed by atoms with Gasteiger partial charge in [0.05, 0.1) is 6.61 Å². The van der Waals surface area contributed by atoms with Gasteiger partial charge < -0.3 is 14.7 Å². The predicted octanol–water partition coefficient (Wildman–Crippen LogP) is 2.41. The molecule has 7 heteroatoms. The van der Waals surface area contributed by atoms with Crippen LogP contribution in [0.25, 0.3) is 0 Å². The average Bonchev–Trinajstić information content (AvgIpc) is 2.53. The molecule has 1 aliphatic rings. The van der Waals surface area contributed by atoms with E-state index in [0.717, 1.165) is 4.90 Å². The number of aliphatic hydroxyl groups excluding tert-OH is 1. The maximum atomic E-state index is 13.1. The lowest BCUT2D eigenvalue weighted by Crippen LogP contribution is -2.47. The molecule has 0 aromatic carbocycles. The number of ether oxygens (including phenoxy) is 1. The van der Waals surface area contributed by atoms with Crippen molar-refractivity contribution in [1.82, 2.24) is 4.90 Å². The quantitative estimate of drug-likeness (QED) is 0.804. The Hall–Kier alpha value is -0.980. The van der Waals surface area contributed by atoms with Crippen molar-refractivity contribution in [3.8, 4) is 0 Å². The molecule has 0 aliphatic carbocycles. The number of hydrogen-bond donors (Lipinski definition) is 1. The van der Waals surface area contributed by atoms with Crippen molar-refractivity contribution >= 4 is 6.09 Å². The smallest absolute Gasteiger partial charge is 0.410 e. The van der Waals surface area contributed by atoms with Crippen LogP contribution in [0.1, 0.15) is 27.7 Å². The molecule has 1 aliphatic heterocycles. The van der Waals surface area contributed by atoms with Crippen molar-refractivity contribution in [2.24, 2.45) is 11.3 Å². The maximum absolute atomic E-state index is 13.1. The fourth-order valence-electron chi connectivity index (χ4n) is 2.20. The monoisotopic (exact) mass is 283 g/mol. The topological polar surface area (TPSA) is 49.8 Å². The Kier molecular flexibility index (Phi) is 4.10. The van der Waals surface area contributed by atoms with Gasteiger partial charge in [-0.1, -0.05) is 6.92 Å². The van der Waals surface area contributed by atoms with Crippen LogP contribution in [0, 0.1) is 11.3 Å². The van der Waals surface area contributed by atoms with Crippen molar-refractivity contribution < 1.29 is 27.8 Å². The number of hydrogen-bond acceptors (Lipinski definition) is 3. The first-order chi connectivity index (χ1) is 8.43. The molecule has 4 nitrogen and oxygen atoms in total. The minimum Gasteiger partial charge on any atom is -0.444 e. The molecule has 19 heavy (non-hydrogen) atoms. The number of likely N-dealkylation sites (tertiary alicyclic amines) is 1. The van der Waals surface area contributed by atoms with Crippen LogP contribution in [0.3, 0.4) is 0 Å². The number of rotatable bonds is 1. The zero-order chi connectivity index (χ0) is 15.1. The van der Waals surface area contributed by atoms with Gasteiger partial charge in [-0.05, 0) is 26.7 Å². The molecular weight excluding hydrogens is 263 g/mol. The van der Waals surface area contributed by atoms with Crippen molar-refractivity contribution in [3.05, 3.63) is 0 Å². The van der Waals surface area contributed by atoms with Crippen LogP contribution < -0.4 is 0 Å². The average molecular weight is 283 g/mol. The first-order valence-corrected chi connectivity index (χ1v) is 6.08. The van der Waals surface area contributed by atoms with Gasteiger partial charge in [0.15, 0.2) is 0 Å². The van der Waals surface area contributed by atoms with E-state index in [-0.39, 0.29) is 6.54 Å². The molecule has 0 bridgehead atoms. The normalized spacial score (nSPS) is 28.6. The second-order valence-corrected chi connectivity index (χ2v) is 6.07. The van der Waals surface area contributed by atoms with Crippen molar-refractivity contribution in [2.75, 3.05) is 19.7 Å². The minimum absolute atomic E-state index is 0.0744. The van der Waals surface area contributed by atoms with E-state index in [4.69, 9.17) is 9.84 Å². The lowest BCUT2D eigenvalue weighted by atomic mass is 9.79. The zero-order valence-corrected chi connectivity index (χ0v) is 11.5. The molecule has 1 fully saturated rings. The van der Waals surface area contributed by atoms with E-state index in [1.807, 2.05) is 0 Å². The fraction of sp³-hybridized carbons (Fsp3) is 0.917. The van der Waals surface area contributed by atoms with Gasteiger partial charge in [-0.3, -0.25) is 0 Å². The zero-order valence-electron chi connectivity index (χ0n) is 11.5. The Morgan fingerprint density at radius 1 is 1.42 bits per heavy atom. The molecule has 1 amide bonds. The summed E-state index contributed by atoms with van der Waals surface area (Å²) in [5.74, 6) is -0.870. The van der Waals surface area contributed by atoms with Gasteiger partial charge in [0.25, 0.3) is 0 Å². The second-order valence-electron chi connectivity index (χ2n) is 6.07. The van der Waals surface area contributed by atoms with E-state index in [9.17, 15) is 18.0 Å². The summed E-state index contributed by atoms with van der Waals surface area (Å²) in [4.78, 5) is 12.8. The molecule has 1 N–H and O–H groups in total. The van der Waals surface area contributed by atoms with Crippen LogP contribution in [0.15, 0.2) is 0 Å². The molecule has 0 radical (unpaired) electrons. The molecule has 1 heterocycles. The molecule has 2 atom stereocenters. The lowest BCUT2D eigenvalue weighted by Gasteiger charge is -2.33. The largest absolute Gasteiger partial charge is 0.444 e. The highest BCUT2D eigenvalue weighted by Crippen LogP contribution is 2.48. The summed E-state index contributed by atoms with van der Waals surface area (Å²) < 4.78 is 44.4. The minimum atomic E-state index is -4.56. The number of amides is 1. The highest BCUT2D eigenvalue weighted by Gasteiger charge is 2.62. The van der Waals surface area contributed by atoms with Crippen LogP contribution >= 0.6 is 0 Å². The third kappa shape index (κ3) is 3.13. The Morgan fingerprint density at radius 3 is 2.26 bits per heavy atom. The summed E-state index contributed by atoms with van der Waals surface area (Å²) in [5.41, 5.74) is -3.02. The molecule has 112 valence electrons. The van der Waals surface area contributed by atoms with Crippen LogP contribution in [-0.4, -0.2) is 47.6 Å². The van der Waals surface area contributed by atoms with Gasteiger partial charge in [-0.2, -0.15) is 13.2 Å². The van der Waals surface area contributed by atoms with E-state index in [1.54, 1.807) is 20.8 Å². The maximum Gasteiger partial charge on any atom is 0.410 e. The molecular formula is C12H20F3NO3. The van der Waals surface area contributed by atoms with E-state index < -0.39 is 42.4 Å². The Bertz CT molecular complexity index is 351. The summed E-state index contributed by atoms with van der Waals surface area (Å²) in [6, 6.07) is 0. The summed E-state index contributed by atoms with van der Waals surface area (Å²) in [6.45, 7) is 4.65. The molecule has 1 saturated heterocycles. The fourth-order valence-corrected chi connectivity index (χ4v) is 2.20. The summed E-state index contributed by atoms with van der Waals surface area (Å²) in [7, 11) is 0. The van der Waals surface area contributed by atoms with E-state index >= 15 is 0 Å². The predicted molar refractivity (Wildman–Crippen MR) is 62.5 cm³/mol. The summed E-state index contributed by atoms with van der Waals surface area (Å²) >= 11 is 0. The molecule has 0 aromatic heterocycles. The number of alkyl halides is 3. The van der Waals surface area contributed by atoms with Crippen LogP contribution in [0.2, 0.25) is 0 Å². The third-order valence-electron chi connectivity index (χ3n) is 3.41. The van der Waals surface area contributed by atoms with Gasteiger partial charge in [-0.15, -0.1) is 0 Å². The van der Waals surface area contributed by atoms with E-state index in [2.05, 4.69) is 0 Å². The third-order valence-corrected chi connectivity index (χ3v) is 3.41. The van der Waals surface area contributed by atoms with Crippen molar-refractivity contribution in [1.29, 1.82) is 0 Å². The van der Waals surface area contributed by atoms with E-state index in [1.165, 1.54) is 6.92 Å². The Morgan fingerprint density at radius 2 is 1.95 bits per heavy atom. The standard InChI is InChI=1S/C12H20F3NO3/c1-8-5-16(9(18)19-10(2,3)4)6-11(8,7-17)12(13,14)15/h8,17H,5-7H2,1-4H3/t8-,11+/m0/s1. The molecule has 1 rings (SSSR count). The highest BCUT2D eigenvalue weighted by atomic mass is 19.4. The second kappa shape index (κ2) is 4.85. The summed E-state index contributed by atoms with van der Waals surface area (Å²) in [6.07, 6.45) is -5.34. The van der Waals surface area contributed by atoms with Crippen LogP contribution in [-0.2, 0) is 4.74 Å². The molecule has 0 unspecified atom stereocenters. The SMILES string of the molecule is C[C@H]1CN(C(=O)OC(C)(C)C)C[C@]1(CO)C(F)(F)F. The Balaban J connectivity index is 2.88. The molecule has 0 aromatic rings. The van der Waals surface area contributed by atoms with Gasteiger partial charge in [0, 0.05) is 13.1 Å². The first-order valence-electron chi connectivity index (χ1n) is 6.08. The number of aliphatic hydroxyl groups is 1. The van der Waals surface area contributed by atoms with Gasteiger partial charge in [0.2, 0.25) is 0 Å². The molecule has 0 spiro atoms.